The summed E-state index contributed by atoms with van der Waals surface area (Å²) in [6.07, 6.45) is 8.68. The van der Waals surface area contributed by atoms with Crippen molar-refractivity contribution >= 4 is 5.97 Å². The molecule has 5 rings (SSSR count). The van der Waals surface area contributed by atoms with Crippen LogP contribution in [0.1, 0.15) is 57.3 Å². The number of aromatic nitrogens is 7. The van der Waals surface area contributed by atoms with Crippen LogP contribution in [0.2, 0.25) is 0 Å². The van der Waals surface area contributed by atoms with Crippen molar-refractivity contribution in [1.29, 1.82) is 0 Å². The molecular formula is C28H33N7O3. The fraction of sp³-hybridized carbons (Fsp3) is 0.429. The third-order valence-electron chi connectivity index (χ3n) is 7.78. The summed E-state index contributed by atoms with van der Waals surface area (Å²) in [5, 5.41) is 24.4. The lowest BCUT2D eigenvalue weighted by Gasteiger charge is -2.45. The molecule has 0 amide bonds. The molecule has 10 nitrogen and oxygen atoms in total. The summed E-state index contributed by atoms with van der Waals surface area (Å²) in [5.41, 5.74) is 4.29. The first kappa shape index (κ1) is 25.6. The second-order valence-electron chi connectivity index (χ2n) is 10.4. The highest BCUT2D eigenvalue weighted by Crippen LogP contribution is 2.48. The zero-order valence-electron chi connectivity index (χ0n) is 21.9. The Hall–Kier alpha value is -4.08. The van der Waals surface area contributed by atoms with Crippen molar-refractivity contribution < 1.29 is 9.90 Å². The molecule has 3 heterocycles. The van der Waals surface area contributed by atoms with Crippen molar-refractivity contribution in [2.75, 3.05) is 0 Å². The van der Waals surface area contributed by atoms with Gasteiger partial charge in [-0.25, -0.2) is 4.79 Å². The summed E-state index contributed by atoms with van der Waals surface area (Å²) in [5.74, 6) is -0.462. The molecule has 0 spiro atoms. The second-order valence-corrected chi connectivity index (χ2v) is 10.4. The van der Waals surface area contributed by atoms with E-state index in [1.807, 2.05) is 36.5 Å². The van der Waals surface area contributed by atoms with E-state index in [-0.39, 0.29) is 23.6 Å². The van der Waals surface area contributed by atoms with E-state index >= 15 is 0 Å². The Morgan fingerprint density at radius 2 is 1.97 bits per heavy atom. The number of tetrazole rings is 1. The van der Waals surface area contributed by atoms with Crippen LogP contribution in [0.4, 0.5) is 0 Å². The number of aromatic amines is 1. The number of hydrogen-bond donors (Lipinski definition) is 2. The lowest BCUT2D eigenvalue weighted by atomic mass is 9.65. The molecule has 1 aromatic carbocycles. The number of hydrogen-bond acceptors (Lipinski definition) is 6. The maximum absolute atomic E-state index is 13.9. The van der Waals surface area contributed by atoms with E-state index in [9.17, 15) is 14.7 Å². The van der Waals surface area contributed by atoms with Crippen LogP contribution in [0.15, 0.2) is 53.7 Å². The van der Waals surface area contributed by atoms with Gasteiger partial charge < -0.3 is 5.11 Å². The minimum absolute atomic E-state index is 0.152. The fourth-order valence-electron chi connectivity index (χ4n) is 5.65. The molecule has 1 fully saturated rings. The molecule has 1 aliphatic carbocycles. The van der Waals surface area contributed by atoms with Crippen LogP contribution in [0.5, 0.6) is 0 Å². The average Bonchev–Trinajstić information content (AvgIpc) is 3.52. The second kappa shape index (κ2) is 10.7. The molecule has 4 aromatic rings. The van der Waals surface area contributed by atoms with Gasteiger partial charge in [-0.2, -0.15) is 5.21 Å². The van der Waals surface area contributed by atoms with Gasteiger partial charge in [0.05, 0.1) is 18.5 Å². The molecule has 3 atom stereocenters. The van der Waals surface area contributed by atoms with E-state index in [0.717, 1.165) is 47.2 Å². The number of nitrogens with one attached hydrogen (secondary N) is 1. The van der Waals surface area contributed by atoms with Crippen LogP contribution >= 0.6 is 0 Å². The van der Waals surface area contributed by atoms with Crippen molar-refractivity contribution in [2.45, 2.75) is 59.0 Å². The molecule has 38 heavy (non-hydrogen) atoms. The molecule has 1 saturated carbocycles. The van der Waals surface area contributed by atoms with Gasteiger partial charge in [0.2, 0.25) is 5.82 Å². The number of carbonyl (C=O) groups is 1. The zero-order valence-corrected chi connectivity index (χ0v) is 21.9. The van der Waals surface area contributed by atoms with E-state index in [4.69, 9.17) is 0 Å². The van der Waals surface area contributed by atoms with E-state index in [1.54, 1.807) is 21.5 Å². The summed E-state index contributed by atoms with van der Waals surface area (Å²) >= 11 is 0. The average molecular weight is 516 g/mol. The van der Waals surface area contributed by atoms with Gasteiger partial charge in [-0.05, 0) is 59.1 Å². The quantitative estimate of drug-likeness (QED) is 0.323. The van der Waals surface area contributed by atoms with Crippen LogP contribution in [-0.2, 0) is 17.8 Å². The highest BCUT2D eigenvalue weighted by molar-refractivity contribution is 5.81. The van der Waals surface area contributed by atoms with Gasteiger partial charge in [0.25, 0.3) is 0 Å². The predicted molar refractivity (Wildman–Crippen MR) is 142 cm³/mol. The van der Waals surface area contributed by atoms with Gasteiger partial charge in [-0.3, -0.25) is 18.9 Å². The summed E-state index contributed by atoms with van der Waals surface area (Å²) < 4.78 is 3.49. The lowest BCUT2D eigenvalue weighted by molar-refractivity contribution is -0.151. The highest BCUT2D eigenvalue weighted by Gasteiger charge is 2.48. The number of aliphatic carboxylic acids is 1. The smallest absolute Gasteiger partial charge is 0.328 e. The Bertz CT molecular complexity index is 1470. The summed E-state index contributed by atoms with van der Waals surface area (Å²) in [6.45, 7) is 6.64. The standard InChI is InChI=1S/C28H33N7O3/c1-4-5-8-19-16-35(25-23(17(2)3)13-24(25)27(36)37)28(38)34(19)15-18-14-29-12-11-20(18)21-9-6-7-10-22(21)26-30-32-33-31-26/h6-7,9-12,14,16-17,23-25H,4-5,8,13,15H2,1-3H3,(H,36,37)(H,30,31,32,33). The lowest BCUT2D eigenvalue weighted by Crippen LogP contribution is -2.48. The molecule has 1 aliphatic rings. The highest BCUT2D eigenvalue weighted by atomic mass is 16.4. The van der Waals surface area contributed by atoms with Gasteiger partial charge in [0.15, 0.2) is 0 Å². The predicted octanol–water partition coefficient (Wildman–Crippen LogP) is 4.20. The zero-order chi connectivity index (χ0) is 26.8. The van der Waals surface area contributed by atoms with Gasteiger partial charge in [0.1, 0.15) is 0 Å². The van der Waals surface area contributed by atoms with Gasteiger partial charge in [0, 0.05) is 29.8 Å². The molecule has 0 saturated heterocycles. The maximum atomic E-state index is 13.9. The number of benzene rings is 1. The molecular weight excluding hydrogens is 482 g/mol. The number of H-pyrrole nitrogens is 1. The number of rotatable bonds is 10. The Morgan fingerprint density at radius 3 is 2.66 bits per heavy atom. The van der Waals surface area contributed by atoms with Crippen molar-refractivity contribution in [1.82, 2.24) is 34.7 Å². The van der Waals surface area contributed by atoms with Crippen molar-refractivity contribution in [2.24, 2.45) is 17.8 Å². The summed E-state index contributed by atoms with van der Waals surface area (Å²) in [6, 6.07) is 9.40. The number of pyridine rings is 1. The largest absolute Gasteiger partial charge is 0.481 e. The van der Waals surface area contributed by atoms with Crippen LogP contribution in [0.3, 0.4) is 0 Å². The minimum atomic E-state index is -0.839. The van der Waals surface area contributed by atoms with Crippen LogP contribution < -0.4 is 5.69 Å². The van der Waals surface area contributed by atoms with Crippen molar-refractivity contribution in [3.8, 4) is 22.5 Å². The van der Waals surface area contributed by atoms with Crippen LogP contribution in [-0.4, -0.2) is 45.8 Å². The monoisotopic (exact) mass is 515 g/mol. The maximum Gasteiger partial charge on any atom is 0.328 e. The molecule has 0 aliphatic heterocycles. The number of carboxylic acids is 1. The van der Waals surface area contributed by atoms with Crippen LogP contribution in [0.25, 0.3) is 22.5 Å². The van der Waals surface area contributed by atoms with Gasteiger partial charge in [-0.1, -0.05) is 51.5 Å². The van der Waals surface area contributed by atoms with E-state index in [0.29, 0.717) is 18.8 Å². The molecule has 3 unspecified atom stereocenters. The van der Waals surface area contributed by atoms with E-state index in [2.05, 4.69) is 46.4 Å². The number of unbranched alkanes of at least 4 members (excludes halogenated alkanes) is 1. The van der Waals surface area contributed by atoms with Crippen molar-refractivity contribution in [3.05, 3.63) is 70.7 Å². The molecule has 198 valence electrons. The third kappa shape index (κ3) is 4.66. The van der Waals surface area contributed by atoms with Crippen molar-refractivity contribution in [3.63, 3.8) is 0 Å². The first-order valence-corrected chi connectivity index (χ1v) is 13.2. The molecule has 2 N–H and O–H groups in total. The molecule has 10 heteroatoms. The first-order valence-electron chi connectivity index (χ1n) is 13.2. The molecule has 3 aromatic heterocycles. The van der Waals surface area contributed by atoms with Crippen LogP contribution in [0, 0.1) is 17.8 Å². The topological polar surface area (TPSA) is 132 Å². The van der Waals surface area contributed by atoms with E-state index < -0.39 is 11.9 Å². The fourth-order valence-corrected chi connectivity index (χ4v) is 5.65. The Morgan fingerprint density at radius 1 is 1.18 bits per heavy atom. The Kier molecular flexibility index (Phi) is 7.22. The summed E-state index contributed by atoms with van der Waals surface area (Å²) in [7, 11) is 0. The molecule has 0 radical (unpaired) electrons. The number of carboxylic acid groups (broad SMARTS) is 1. The SMILES string of the molecule is CCCCc1cn(C2C(C(=O)O)CC2C(C)C)c(=O)n1Cc1cnccc1-c1ccccc1-c1nn[nH]n1. The Balaban J connectivity index is 1.58. The van der Waals surface area contributed by atoms with E-state index in [1.165, 1.54) is 0 Å². The van der Waals surface area contributed by atoms with Gasteiger partial charge >= 0.3 is 11.7 Å². The molecule has 0 bridgehead atoms. The first-order chi connectivity index (χ1) is 18.4. The number of nitrogens with zero attached hydrogens (tertiary/aromatic N) is 6. The number of imidazole rings is 1. The third-order valence-corrected chi connectivity index (χ3v) is 7.78. The summed E-state index contributed by atoms with van der Waals surface area (Å²) in [4.78, 5) is 30.3. The normalized spacial score (nSPS) is 19.0. The minimum Gasteiger partial charge on any atom is -0.481 e. The van der Waals surface area contributed by atoms with Gasteiger partial charge in [-0.15, -0.1) is 10.2 Å². The number of aryl methyl sites for hydroxylation is 1. The Labute approximate surface area is 220 Å².